The van der Waals surface area contributed by atoms with Gasteiger partial charge in [-0.2, -0.15) is 0 Å². The van der Waals surface area contributed by atoms with Gasteiger partial charge in [0.15, 0.2) is 0 Å². The topological polar surface area (TPSA) is 79.3 Å². The van der Waals surface area contributed by atoms with E-state index in [1.54, 1.807) is 12.3 Å². The molecule has 1 aliphatic heterocycles. The lowest BCUT2D eigenvalue weighted by atomic mass is 10.0. The van der Waals surface area contributed by atoms with Crippen LogP contribution in [0.5, 0.6) is 0 Å². The van der Waals surface area contributed by atoms with Crippen LogP contribution < -0.4 is 10.6 Å². The summed E-state index contributed by atoms with van der Waals surface area (Å²) in [5.74, 6) is 2.00. The zero-order chi connectivity index (χ0) is 16.8. The maximum Gasteiger partial charge on any atom is 0.128 e. The van der Waals surface area contributed by atoms with Gasteiger partial charge in [0, 0.05) is 31.5 Å². The van der Waals surface area contributed by atoms with E-state index in [0.717, 1.165) is 49.7 Å². The molecule has 0 unspecified atom stereocenters. The average Bonchev–Trinajstić information content (AvgIpc) is 2.63. The number of hydrogen-bond acceptors (Lipinski definition) is 6. The van der Waals surface area contributed by atoms with Gasteiger partial charge in [0.25, 0.3) is 0 Å². The van der Waals surface area contributed by atoms with Gasteiger partial charge in [-0.05, 0) is 37.0 Å². The fourth-order valence-corrected chi connectivity index (χ4v) is 2.90. The van der Waals surface area contributed by atoms with E-state index in [4.69, 9.17) is 21.4 Å². The molecule has 0 amide bonds. The zero-order valence-electron chi connectivity index (χ0n) is 13.3. The highest BCUT2D eigenvalue weighted by atomic mass is 35.5. The number of nitrogens with one attached hydrogen (secondary N) is 2. The maximum atomic E-state index is 8.97. The van der Waals surface area contributed by atoms with E-state index in [2.05, 4.69) is 20.6 Å². The quantitative estimate of drug-likeness (QED) is 0.696. The van der Waals surface area contributed by atoms with Crippen molar-refractivity contribution in [3.63, 3.8) is 0 Å². The van der Waals surface area contributed by atoms with E-state index in [-0.39, 0.29) is 6.73 Å². The average molecular weight is 349 g/mol. The van der Waals surface area contributed by atoms with Crippen LogP contribution in [0.1, 0.15) is 12.8 Å². The highest BCUT2D eigenvalue weighted by Crippen LogP contribution is 2.28. The van der Waals surface area contributed by atoms with E-state index in [0.29, 0.717) is 16.8 Å². The number of anilines is 2. The largest absolute Gasteiger partial charge is 0.381 e. The van der Waals surface area contributed by atoms with Crippen molar-refractivity contribution in [2.45, 2.75) is 12.8 Å². The van der Waals surface area contributed by atoms with Crippen LogP contribution in [0, 0.1) is 5.92 Å². The molecule has 0 spiro atoms. The van der Waals surface area contributed by atoms with Crippen LogP contribution >= 0.6 is 11.6 Å². The molecule has 3 N–H and O–H groups in total. The lowest BCUT2D eigenvalue weighted by molar-refractivity contribution is 0.0699. The van der Waals surface area contributed by atoms with E-state index in [9.17, 15) is 0 Å². The number of ether oxygens (including phenoxy) is 1. The van der Waals surface area contributed by atoms with Crippen molar-refractivity contribution < 1.29 is 9.84 Å². The Labute approximate surface area is 146 Å². The van der Waals surface area contributed by atoms with Crippen molar-refractivity contribution in [2.75, 3.05) is 37.1 Å². The SMILES string of the molecule is OCNc1cc(-c2cccc(NCC3CCOCC3)n2)c(Cl)cn1. The summed E-state index contributed by atoms with van der Waals surface area (Å²) >= 11 is 6.25. The van der Waals surface area contributed by atoms with Crippen LogP contribution in [0.4, 0.5) is 11.6 Å². The summed E-state index contributed by atoms with van der Waals surface area (Å²) in [7, 11) is 0. The fraction of sp³-hybridized carbons (Fsp3) is 0.412. The standard InChI is InChI=1S/C17H21ClN4O2/c18-14-10-20-17(21-11-23)8-13(14)15-2-1-3-16(22-15)19-9-12-4-6-24-7-5-12/h1-3,8,10,12,23H,4-7,9,11H2,(H,19,22)(H,20,21). The summed E-state index contributed by atoms with van der Waals surface area (Å²) < 4.78 is 5.39. The molecule has 0 radical (unpaired) electrons. The molecule has 7 heteroatoms. The van der Waals surface area contributed by atoms with Crippen LogP contribution in [-0.4, -0.2) is 41.6 Å². The second kappa shape index (κ2) is 8.28. The number of halogens is 1. The summed E-state index contributed by atoms with van der Waals surface area (Å²) in [6.45, 7) is 2.38. The van der Waals surface area contributed by atoms with E-state index >= 15 is 0 Å². The number of aromatic nitrogens is 2. The Balaban J connectivity index is 1.73. The predicted molar refractivity (Wildman–Crippen MR) is 95.2 cm³/mol. The summed E-state index contributed by atoms with van der Waals surface area (Å²) in [4.78, 5) is 8.76. The molecule has 1 aliphatic rings. The number of nitrogens with zero attached hydrogens (tertiary/aromatic N) is 2. The minimum absolute atomic E-state index is 0.186. The van der Waals surface area contributed by atoms with Crippen molar-refractivity contribution in [1.29, 1.82) is 0 Å². The minimum atomic E-state index is -0.186. The predicted octanol–water partition coefficient (Wildman–Crippen LogP) is 3.00. The molecule has 0 saturated carbocycles. The first-order valence-corrected chi connectivity index (χ1v) is 8.43. The summed E-state index contributed by atoms with van der Waals surface area (Å²) in [6, 6.07) is 7.59. The molecular formula is C17H21ClN4O2. The number of pyridine rings is 2. The van der Waals surface area contributed by atoms with Gasteiger partial charge < -0.3 is 20.5 Å². The van der Waals surface area contributed by atoms with E-state index < -0.39 is 0 Å². The van der Waals surface area contributed by atoms with Crippen molar-refractivity contribution >= 4 is 23.2 Å². The summed E-state index contributed by atoms with van der Waals surface area (Å²) in [6.07, 6.45) is 3.72. The van der Waals surface area contributed by atoms with Gasteiger partial charge in [0.1, 0.15) is 18.4 Å². The second-order valence-electron chi connectivity index (χ2n) is 5.73. The van der Waals surface area contributed by atoms with Crippen molar-refractivity contribution in [3.8, 4) is 11.3 Å². The third-order valence-corrected chi connectivity index (χ3v) is 4.35. The third kappa shape index (κ3) is 4.35. The molecule has 2 aromatic heterocycles. The summed E-state index contributed by atoms with van der Waals surface area (Å²) in [5.41, 5.74) is 1.54. The molecule has 0 atom stereocenters. The van der Waals surface area contributed by atoms with E-state index in [1.165, 1.54) is 0 Å². The Hall–Kier alpha value is -1.89. The molecule has 6 nitrogen and oxygen atoms in total. The Morgan fingerprint density at radius 1 is 1.21 bits per heavy atom. The fourth-order valence-electron chi connectivity index (χ4n) is 2.70. The van der Waals surface area contributed by atoms with Gasteiger partial charge in [-0.3, -0.25) is 0 Å². The first-order chi connectivity index (χ1) is 11.8. The smallest absolute Gasteiger partial charge is 0.128 e. The Bertz CT molecular complexity index is 677. The number of rotatable bonds is 6. The molecule has 0 aliphatic carbocycles. The van der Waals surface area contributed by atoms with Crippen LogP contribution in [0.15, 0.2) is 30.5 Å². The second-order valence-corrected chi connectivity index (χ2v) is 6.14. The van der Waals surface area contributed by atoms with Gasteiger partial charge in [-0.25, -0.2) is 9.97 Å². The maximum absolute atomic E-state index is 8.97. The molecule has 2 aromatic rings. The molecular weight excluding hydrogens is 328 g/mol. The molecule has 3 heterocycles. The van der Waals surface area contributed by atoms with Crippen molar-refractivity contribution in [3.05, 3.63) is 35.5 Å². The van der Waals surface area contributed by atoms with Crippen LogP contribution in [0.3, 0.4) is 0 Å². The lowest BCUT2D eigenvalue weighted by Gasteiger charge is -2.22. The van der Waals surface area contributed by atoms with Crippen molar-refractivity contribution in [2.24, 2.45) is 5.92 Å². The molecule has 24 heavy (non-hydrogen) atoms. The number of aliphatic hydroxyl groups excluding tert-OH is 1. The Morgan fingerprint density at radius 2 is 2.04 bits per heavy atom. The van der Waals surface area contributed by atoms with Crippen LogP contribution in [0.25, 0.3) is 11.3 Å². The first kappa shape index (κ1) is 17.0. The molecule has 1 fully saturated rings. The van der Waals surface area contributed by atoms with Gasteiger partial charge >= 0.3 is 0 Å². The normalized spacial score (nSPS) is 15.2. The highest BCUT2D eigenvalue weighted by Gasteiger charge is 2.14. The Morgan fingerprint density at radius 3 is 2.83 bits per heavy atom. The Kier molecular flexibility index (Phi) is 5.85. The monoisotopic (exact) mass is 348 g/mol. The van der Waals surface area contributed by atoms with Crippen molar-refractivity contribution in [1.82, 2.24) is 9.97 Å². The molecule has 0 bridgehead atoms. The number of aliphatic hydroxyl groups is 1. The summed E-state index contributed by atoms with van der Waals surface area (Å²) in [5, 5.41) is 15.7. The van der Waals surface area contributed by atoms with Crippen LogP contribution in [0.2, 0.25) is 5.02 Å². The minimum Gasteiger partial charge on any atom is -0.381 e. The van der Waals surface area contributed by atoms with Gasteiger partial charge in [0.2, 0.25) is 0 Å². The molecule has 1 saturated heterocycles. The zero-order valence-corrected chi connectivity index (χ0v) is 14.1. The van der Waals surface area contributed by atoms with E-state index in [1.807, 2.05) is 18.2 Å². The molecule has 0 aromatic carbocycles. The van der Waals surface area contributed by atoms with Gasteiger partial charge in [0.05, 0.1) is 10.7 Å². The van der Waals surface area contributed by atoms with Gasteiger partial charge in [-0.1, -0.05) is 17.7 Å². The highest BCUT2D eigenvalue weighted by molar-refractivity contribution is 6.33. The third-order valence-electron chi connectivity index (χ3n) is 4.05. The molecule has 3 rings (SSSR count). The first-order valence-electron chi connectivity index (χ1n) is 8.05. The number of hydrogen-bond donors (Lipinski definition) is 3. The van der Waals surface area contributed by atoms with Gasteiger partial charge in [-0.15, -0.1) is 0 Å². The lowest BCUT2D eigenvalue weighted by Crippen LogP contribution is -2.22. The molecule has 128 valence electrons. The van der Waals surface area contributed by atoms with Crippen LogP contribution in [-0.2, 0) is 4.74 Å².